The fraction of sp³-hybridized carbons (Fsp3) is 0.0769. The first-order valence-electron chi connectivity index (χ1n) is 6.44. The second-order valence-electron chi connectivity index (χ2n) is 4.50. The molecule has 9 nitrogen and oxygen atoms in total. The van der Waals surface area contributed by atoms with E-state index >= 15 is 0 Å². The maximum absolute atomic E-state index is 12.2. The Bertz CT molecular complexity index is 874. The number of amides is 1. The zero-order valence-electron chi connectivity index (χ0n) is 11.8. The Labute approximate surface area is 133 Å². The number of carbonyl (C=O) groups is 1. The fourth-order valence-electron chi connectivity index (χ4n) is 1.96. The average molecular weight is 330 g/mol. The molecule has 2 heterocycles. The smallest absolute Gasteiger partial charge is 0.279 e. The average Bonchev–Trinajstić information content (AvgIpc) is 3.17. The Balaban J connectivity index is 1.91. The van der Waals surface area contributed by atoms with Gasteiger partial charge in [-0.25, -0.2) is 9.67 Å². The van der Waals surface area contributed by atoms with Crippen LogP contribution in [0.4, 0.5) is 10.8 Å². The van der Waals surface area contributed by atoms with Gasteiger partial charge in [-0.1, -0.05) is 11.3 Å². The van der Waals surface area contributed by atoms with Gasteiger partial charge in [0.25, 0.3) is 11.6 Å². The number of benzene rings is 1. The Morgan fingerprint density at radius 3 is 2.96 bits per heavy atom. The van der Waals surface area contributed by atoms with Crippen LogP contribution in [0.5, 0.6) is 0 Å². The second-order valence-corrected chi connectivity index (χ2v) is 5.40. The molecule has 3 aromatic rings. The summed E-state index contributed by atoms with van der Waals surface area (Å²) in [4.78, 5) is 26.5. The molecule has 23 heavy (non-hydrogen) atoms. The minimum absolute atomic E-state index is 0.0637. The quantitative estimate of drug-likeness (QED) is 0.579. The van der Waals surface area contributed by atoms with E-state index in [1.54, 1.807) is 30.6 Å². The molecule has 0 aliphatic rings. The third-order valence-corrected chi connectivity index (χ3v) is 3.74. The number of nitro benzene ring substituents is 1. The van der Waals surface area contributed by atoms with Crippen molar-refractivity contribution in [3.8, 4) is 5.69 Å². The summed E-state index contributed by atoms with van der Waals surface area (Å²) in [5.74, 6) is -0.436. The Morgan fingerprint density at radius 2 is 2.26 bits per heavy atom. The van der Waals surface area contributed by atoms with Gasteiger partial charge in [-0.05, 0) is 13.0 Å². The minimum Gasteiger partial charge on any atom is -0.296 e. The zero-order valence-corrected chi connectivity index (χ0v) is 12.6. The molecule has 1 amide bonds. The van der Waals surface area contributed by atoms with Gasteiger partial charge in [0.15, 0.2) is 10.8 Å². The molecule has 0 bridgehead atoms. The molecule has 0 fully saturated rings. The lowest BCUT2D eigenvalue weighted by Gasteiger charge is -2.03. The second kappa shape index (κ2) is 5.93. The van der Waals surface area contributed by atoms with Gasteiger partial charge in [0.05, 0.1) is 16.3 Å². The molecular formula is C13H10N6O3S. The molecule has 0 aliphatic heterocycles. The van der Waals surface area contributed by atoms with E-state index in [1.165, 1.54) is 28.2 Å². The molecular weight excluding hydrogens is 320 g/mol. The Kier molecular flexibility index (Phi) is 3.81. The molecule has 0 radical (unpaired) electrons. The van der Waals surface area contributed by atoms with Crippen LogP contribution in [-0.4, -0.2) is 30.8 Å². The van der Waals surface area contributed by atoms with Gasteiger partial charge in [0, 0.05) is 23.7 Å². The van der Waals surface area contributed by atoms with Gasteiger partial charge >= 0.3 is 0 Å². The minimum atomic E-state index is -0.494. The van der Waals surface area contributed by atoms with Crippen LogP contribution in [0.3, 0.4) is 0 Å². The van der Waals surface area contributed by atoms with Crippen LogP contribution < -0.4 is 5.32 Å². The van der Waals surface area contributed by atoms with E-state index in [2.05, 4.69) is 20.6 Å². The van der Waals surface area contributed by atoms with Gasteiger partial charge < -0.3 is 0 Å². The van der Waals surface area contributed by atoms with E-state index in [0.29, 0.717) is 16.5 Å². The fourth-order valence-corrected chi connectivity index (χ4v) is 2.49. The molecule has 116 valence electrons. The predicted molar refractivity (Wildman–Crippen MR) is 82.8 cm³/mol. The first-order chi connectivity index (χ1) is 11.1. The molecule has 0 spiro atoms. The first-order valence-corrected chi connectivity index (χ1v) is 7.32. The lowest BCUT2D eigenvalue weighted by molar-refractivity contribution is -0.384. The van der Waals surface area contributed by atoms with Crippen molar-refractivity contribution in [2.75, 3.05) is 5.32 Å². The molecule has 1 N–H and O–H groups in total. The largest absolute Gasteiger partial charge is 0.296 e. The molecule has 0 aliphatic carbocycles. The van der Waals surface area contributed by atoms with Gasteiger partial charge in [0.1, 0.15) is 0 Å². The van der Waals surface area contributed by atoms with E-state index in [-0.39, 0.29) is 11.4 Å². The highest BCUT2D eigenvalue weighted by molar-refractivity contribution is 7.13. The number of thiazole rings is 1. The summed E-state index contributed by atoms with van der Waals surface area (Å²) < 4.78 is 1.38. The number of nitro groups is 1. The summed E-state index contributed by atoms with van der Waals surface area (Å²) in [5.41, 5.74) is 0.995. The van der Waals surface area contributed by atoms with Gasteiger partial charge in [-0.15, -0.1) is 16.4 Å². The molecule has 0 saturated carbocycles. The lowest BCUT2D eigenvalue weighted by atomic mass is 10.2. The summed E-state index contributed by atoms with van der Waals surface area (Å²) in [6.45, 7) is 1.66. The number of hydrogen-bond acceptors (Lipinski definition) is 7. The van der Waals surface area contributed by atoms with Crippen molar-refractivity contribution >= 4 is 28.1 Å². The van der Waals surface area contributed by atoms with Gasteiger partial charge in [0.2, 0.25) is 0 Å². The van der Waals surface area contributed by atoms with E-state index in [0.717, 1.165) is 0 Å². The summed E-state index contributed by atoms with van der Waals surface area (Å²) >= 11 is 1.29. The summed E-state index contributed by atoms with van der Waals surface area (Å²) in [5, 5.41) is 23.4. The van der Waals surface area contributed by atoms with Crippen molar-refractivity contribution in [3.05, 3.63) is 57.3 Å². The van der Waals surface area contributed by atoms with E-state index in [4.69, 9.17) is 0 Å². The number of rotatable bonds is 4. The van der Waals surface area contributed by atoms with Crippen molar-refractivity contribution < 1.29 is 9.72 Å². The lowest BCUT2D eigenvalue weighted by Crippen LogP contribution is -2.14. The molecule has 2 aromatic heterocycles. The number of non-ortho nitro benzene ring substituents is 1. The van der Waals surface area contributed by atoms with Gasteiger partial charge in [-0.3, -0.25) is 20.2 Å². The highest BCUT2D eigenvalue weighted by Gasteiger charge is 2.19. The number of anilines is 1. The van der Waals surface area contributed by atoms with E-state index in [9.17, 15) is 14.9 Å². The Hall–Kier alpha value is -3.14. The highest BCUT2D eigenvalue weighted by atomic mass is 32.1. The first kappa shape index (κ1) is 14.8. The molecule has 1 aromatic carbocycles. The standard InChI is InChI=1S/C13H10N6O3S/c1-8-11(12(20)15-13-14-5-6-23-13)16-17-18(8)9-3-2-4-10(7-9)19(21)22/h2-7H,1H3,(H,14,15,20). The highest BCUT2D eigenvalue weighted by Crippen LogP contribution is 2.19. The number of nitrogens with one attached hydrogen (secondary N) is 1. The Morgan fingerprint density at radius 1 is 1.43 bits per heavy atom. The van der Waals surface area contributed by atoms with Crippen molar-refractivity contribution in [1.82, 2.24) is 20.0 Å². The van der Waals surface area contributed by atoms with Crippen molar-refractivity contribution in [1.29, 1.82) is 0 Å². The molecule has 0 saturated heterocycles. The number of carbonyl (C=O) groups excluding carboxylic acids is 1. The van der Waals surface area contributed by atoms with Crippen LogP contribution in [0, 0.1) is 17.0 Å². The van der Waals surface area contributed by atoms with E-state index in [1.807, 2.05) is 0 Å². The van der Waals surface area contributed by atoms with Crippen LogP contribution in [0.15, 0.2) is 35.8 Å². The van der Waals surface area contributed by atoms with Crippen molar-refractivity contribution in [3.63, 3.8) is 0 Å². The zero-order chi connectivity index (χ0) is 16.4. The summed E-state index contributed by atoms with van der Waals surface area (Å²) in [6, 6.07) is 5.94. The number of hydrogen-bond donors (Lipinski definition) is 1. The summed E-state index contributed by atoms with van der Waals surface area (Å²) in [6.07, 6.45) is 1.58. The molecule has 3 rings (SSSR count). The SMILES string of the molecule is Cc1c(C(=O)Nc2nccs2)nnn1-c1cccc([N+](=O)[O-])c1. The van der Waals surface area contributed by atoms with E-state index < -0.39 is 10.8 Å². The van der Waals surface area contributed by atoms with Crippen molar-refractivity contribution in [2.45, 2.75) is 6.92 Å². The van der Waals surface area contributed by atoms with Crippen LogP contribution in [-0.2, 0) is 0 Å². The monoisotopic (exact) mass is 330 g/mol. The molecule has 10 heteroatoms. The molecule has 0 unspecified atom stereocenters. The van der Waals surface area contributed by atoms with Crippen LogP contribution in [0.1, 0.15) is 16.2 Å². The predicted octanol–water partition coefficient (Wildman–Crippen LogP) is 2.19. The van der Waals surface area contributed by atoms with Gasteiger partial charge in [-0.2, -0.15) is 0 Å². The van der Waals surface area contributed by atoms with Crippen LogP contribution in [0.25, 0.3) is 5.69 Å². The van der Waals surface area contributed by atoms with Crippen molar-refractivity contribution in [2.24, 2.45) is 0 Å². The maximum Gasteiger partial charge on any atom is 0.279 e. The molecule has 0 atom stereocenters. The third-order valence-electron chi connectivity index (χ3n) is 3.05. The number of aromatic nitrogens is 4. The topological polar surface area (TPSA) is 116 Å². The summed E-state index contributed by atoms with van der Waals surface area (Å²) in [7, 11) is 0. The maximum atomic E-state index is 12.2. The number of nitrogens with zero attached hydrogens (tertiary/aromatic N) is 5. The normalized spacial score (nSPS) is 10.5. The van der Waals surface area contributed by atoms with Crippen LogP contribution >= 0.6 is 11.3 Å². The third kappa shape index (κ3) is 2.92. The van der Waals surface area contributed by atoms with Crippen LogP contribution in [0.2, 0.25) is 0 Å².